The van der Waals surface area contributed by atoms with Crippen LogP contribution in [0.15, 0.2) is 47.6 Å². The Balaban J connectivity index is 2.04. The number of carbonyl (C=O) groups is 1. The molecule has 2 N–H and O–H groups in total. The van der Waals surface area contributed by atoms with Crippen LogP contribution in [-0.2, 0) is 0 Å². The Morgan fingerprint density at radius 1 is 1.15 bits per heavy atom. The van der Waals surface area contributed by atoms with E-state index in [0.29, 0.717) is 15.7 Å². The highest BCUT2D eigenvalue weighted by Gasteiger charge is 2.01. The Hall–Kier alpha value is -2.04. The summed E-state index contributed by atoms with van der Waals surface area (Å²) >= 11 is 11.8. The molecule has 0 fully saturated rings. The van der Waals surface area contributed by atoms with E-state index < -0.39 is 5.97 Å². The Morgan fingerprint density at radius 2 is 1.85 bits per heavy atom. The lowest BCUT2D eigenvalue weighted by Gasteiger charge is -2.01. The van der Waals surface area contributed by atoms with E-state index in [1.54, 1.807) is 36.5 Å². The van der Waals surface area contributed by atoms with Gasteiger partial charge < -0.3 is 5.11 Å². The van der Waals surface area contributed by atoms with Crippen LogP contribution in [0, 0.1) is 0 Å². The van der Waals surface area contributed by atoms with Gasteiger partial charge in [0.05, 0.1) is 22.5 Å². The van der Waals surface area contributed by atoms with E-state index in [-0.39, 0.29) is 5.56 Å². The number of halogens is 2. The van der Waals surface area contributed by atoms with Crippen LogP contribution >= 0.6 is 23.2 Å². The van der Waals surface area contributed by atoms with Crippen LogP contribution < -0.4 is 5.43 Å². The summed E-state index contributed by atoms with van der Waals surface area (Å²) in [5.74, 6) is -0.965. The molecule has 4 nitrogen and oxygen atoms in total. The third-order valence-corrected chi connectivity index (χ3v) is 3.05. The first-order valence-electron chi connectivity index (χ1n) is 5.64. The fourth-order valence-electron chi connectivity index (χ4n) is 1.47. The molecule has 0 aliphatic carbocycles. The Morgan fingerprint density at radius 3 is 2.45 bits per heavy atom. The van der Waals surface area contributed by atoms with Gasteiger partial charge in [-0.3, -0.25) is 5.43 Å². The zero-order chi connectivity index (χ0) is 14.5. The van der Waals surface area contributed by atoms with Crippen LogP contribution in [-0.4, -0.2) is 17.3 Å². The minimum atomic E-state index is -0.965. The van der Waals surface area contributed by atoms with Gasteiger partial charge in [0.25, 0.3) is 0 Å². The van der Waals surface area contributed by atoms with Crippen LogP contribution in [0.2, 0.25) is 10.0 Å². The summed E-state index contributed by atoms with van der Waals surface area (Å²) in [6, 6.07) is 11.4. The first kappa shape index (κ1) is 14.4. The van der Waals surface area contributed by atoms with Crippen molar-refractivity contribution in [1.82, 2.24) is 0 Å². The van der Waals surface area contributed by atoms with E-state index in [9.17, 15) is 4.79 Å². The predicted molar refractivity (Wildman–Crippen MR) is 81.1 cm³/mol. The van der Waals surface area contributed by atoms with Crippen molar-refractivity contribution in [3.05, 3.63) is 63.6 Å². The van der Waals surface area contributed by atoms with E-state index in [2.05, 4.69) is 10.5 Å². The number of hydrogen-bond acceptors (Lipinski definition) is 3. The third-order valence-electron chi connectivity index (χ3n) is 2.49. The van der Waals surface area contributed by atoms with Crippen molar-refractivity contribution in [2.75, 3.05) is 5.43 Å². The van der Waals surface area contributed by atoms with Crippen LogP contribution in [0.3, 0.4) is 0 Å². The van der Waals surface area contributed by atoms with Gasteiger partial charge >= 0.3 is 5.97 Å². The largest absolute Gasteiger partial charge is 0.478 e. The fraction of sp³-hybridized carbons (Fsp3) is 0. The van der Waals surface area contributed by atoms with Gasteiger partial charge in [-0.2, -0.15) is 5.10 Å². The summed E-state index contributed by atoms with van der Waals surface area (Å²) in [6.45, 7) is 0. The van der Waals surface area contributed by atoms with Gasteiger partial charge in [-0.05, 0) is 36.4 Å². The summed E-state index contributed by atoms with van der Waals surface area (Å²) in [4.78, 5) is 10.7. The maximum Gasteiger partial charge on any atom is 0.335 e. The molecule has 0 amide bonds. The predicted octanol–water partition coefficient (Wildman–Crippen LogP) is 4.14. The molecule has 2 rings (SSSR count). The molecule has 0 unspecified atom stereocenters. The van der Waals surface area contributed by atoms with Crippen molar-refractivity contribution in [3.8, 4) is 0 Å². The monoisotopic (exact) mass is 308 g/mol. The molecule has 0 heterocycles. The number of anilines is 1. The van der Waals surface area contributed by atoms with Crippen molar-refractivity contribution in [1.29, 1.82) is 0 Å². The van der Waals surface area contributed by atoms with Crippen LogP contribution in [0.25, 0.3) is 0 Å². The molecule has 0 saturated heterocycles. The molecule has 6 heteroatoms. The molecule has 0 spiro atoms. The number of benzene rings is 2. The molecule has 0 aromatic heterocycles. The Labute approximate surface area is 125 Å². The smallest absolute Gasteiger partial charge is 0.335 e. The second-order valence-corrected chi connectivity index (χ2v) is 4.76. The highest BCUT2D eigenvalue weighted by atomic mass is 35.5. The second kappa shape index (κ2) is 6.41. The summed E-state index contributed by atoms with van der Waals surface area (Å²) in [5.41, 5.74) is 4.41. The molecule has 2 aromatic carbocycles. The lowest BCUT2D eigenvalue weighted by molar-refractivity contribution is 0.0697. The van der Waals surface area contributed by atoms with Crippen molar-refractivity contribution >= 4 is 41.1 Å². The summed E-state index contributed by atoms with van der Waals surface area (Å²) < 4.78 is 0. The standard InChI is InChI=1S/C14H10Cl2N2O2/c15-11-4-1-10(13(16)7-11)8-17-18-12-5-2-9(3-6-12)14(19)20/h1-8,18H,(H,19,20)/b17-8-. The molecule has 0 bridgehead atoms. The molecule has 0 aliphatic heterocycles. The Bertz CT molecular complexity index is 655. The minimum Gasteiger partial charge on any atom is -0.478 e. The molecule has 102 valence electrons. The fourth-order valence-corrected chi connectivity index (χ4v) is 1.93. The first-order chi connectivity index (χ1) is 9.56. The number of hydrazone groups is 1. The number of carboxylic acid groups (broad SMARTS) is 1. The average Bonchev–Trinajstić information content (AvgIpc) is 2.42. The van der Waals surface area contributed by atoms with Crippen LogP contribution in [0.1, 0.15) is 15.9 Å². The summed E-state index contributed by atoms with van der Waals surface area (Å²) in [7, 11) is 0. The maximum absolute atomic E-state index is 10.7. The molecule has 0 atom stereocenters. The van der Waals surface area contributed by atoms with Crippen LogP contribution in [0.4, 0.5) is 5.69 Å². The number of hydrogen-bond donors (Lipinski definition) is 2. The number of rotatable bonds is 4. The zero-order valence-electron chi connectivity index (χ0n) is 10.2. The van der Waals surface area contributed by atoms with Gasteiger partial charge in [0.1, 0.15) is 0 Å². The van der Waals surface area contributed by atoms with E-state index >= 15 is 0 Å². The quantitative estimate of drug-likeness (QED) is 0.659. The van der Waals surface area contributed by atoms with E-state index in [1.165, 1.54) is 12.1 Å². The highest BCUT2D eigenvalue weighted by Crippen LogP contribution is 2.19. The zero-order valence-corrected chi connectivity index (χ0v) is 11.7. The number of nitrogens with one attached hydrogen (secondary N) is 1. The number of aromatic carboxylic acids is 1. The number of nitrogens with zero attached hydrogens (tertiary/aromatic N) is 1. The van der Waals surface area contributed by atoms with Gasteiger partial charge in [-0.15, -0.1) is 0 Å². The van der Waals surface area contributed by atoms with E-state index in [1.807, 2.05) is 0 Å². The molecule has 0 aliphatic rings. The van der Waals surface area contributed by atoms with Crippen molar-refractivity contribution < 1.29 is 9.90 Å². The molecular formula is C14H10Cl2N2O2. The van der Waals surface area contributed by atoms with Crippen molar-refractivity contribution in [2.45, 2.75) is 0 Å². The first-order valence-corrected chi connectivity index (χ1v) is 6.39. The molecule has 0 saturated carbocycles. The lowest BCUT2D eigenvalue weighted by atomic mass is 10.2. The summed E-state index contributed by atoms with van der Waals surface area (Å²) in [6.07, 6.45) is 1.56. The van der Waals surface area contributed by atoms with Crippen molar-refractivity contribution in [3.63, 3.8) is 0 Å². The average molecular weight is 309 g/mol. The normalized spacial score (nSPS) is 10.7. The minimum absolute atomic E-state index is 0.222. The van der Waals surface area contributed by atoms with Crippen LogP contribution in [0.5, 0.6) is 0 Å². The number of carboxylic acids is 1. The second-order valence-electron chi connectivity index (χ2n) is 3.92. The van der Waals surface area contributed by atoms with Crippen molar-refractivity contribution in [2.24, 2.45) is 5.10 Å². The van der Waals surface area contributed by atoms with Gasteiger partial charge in [0.2, 0.25) is 0 Å². The highest BCUT2D eigenvalue weighted by molar-refractivity contribution is 6.36. The topological polar surface area (TPSA) is 61.7 Å². The summed E-state index contributed by atoms with van der Waals surface area (Å²) in [5, 5.41) is 13.9. The molecular weight excluding hydrogens is 299 g/mol. The van der Waals surface area contributed by atoms with Gasteiger partial charge in [-0.1, -0.05) is 29.3 Å². The SMILES string of the molecule is O=C(O)c1ccc(N/N=C\c2ccc(Cl)cc2Cl)cc1. The van der Waals surface area contributed by atoms with E-state index in [0.717, 1.165) is 5.56 Å². The van der Waals surface area contributed by atoms with Gasteiger partial charge in [0.15, 0.2) is 0 Å². The maximum atomic E-state index is 10.7. The lowest BCUT2D eigenvalue weighted by Crippen LogP contribution is -1.96. The molecule has 0 radical (unpaired) electrons. The van der Waals surface area contributed by atoms with Gasteiger partial charge in [0, 0.05) is 10.6 Å². The van der Waals surface area contributed by atoms with Gasteiger partial charge in [-0.25, -0.2) is 4.79 Å². The molecule has 2 aromatic rings. The van der Waals surface area contributed by atoms with E-state index in [4.69, 9.17) is 28.3 Å². The third kappa shape index (κ3) is 3.73. The molecule has 20 heavy (non-hydrogen) atoms. The Kier molecular flexibility index (Phi) is 4.61.